The molecule has 2 rings (SSSR count). The third kappa shape index (κ3) is 2.85. The molecule has 92 valence electrons. The third-order valence-corrected chi connectivity index (χ3v) is 4.66. The fourth-order valence-corrected chi connectivity index (χ4v) is 3.26. The molecule has 2 N–H and O–H groups in total. The second-order valence-corrected chi connectivity index (χ2v) is 5.98. The van der Waals surface area contributed by atoms with Crippen LogP contribution in [0.25, 0.3) is 0 Å². The first kappa shape index (κ1) is 12.1. The summed E-state index contributed by atoms with van der Waals surface area (Å²) in [5.41, 5.74) is 6.09. The molecular formula is C14H25NO. The molecule has 0 radical (unpaired) electrons. The Balaban J connectivity index is 1.82. The lowest BCUT2D eigenvalue weighted by Gasteiger charge is -2.36. The molecule has 2 aliphatic rings. The summed E-state index contributed by atoms with van der Waals surface area (Å²) in [6, 6.07) is 0. The predicted octanol–water partition coefficient (Wildman–Crippen LogP) is 3.05. The van der Waals surface area contributed by atoms with Gasteiger partial charge in [-0.3, -0.25) is 4.79 Å². The molecule has 0 unspecified atom stereocenters. The van der Waals surface area contributed by atoms with Crippen LogP contribution in [-0.2, 0) is 4.79 Å². The highest BCUT2D eigenvalue weighted by molar-refractivity contribution is 5.79. The van der Waals surface area contributed by atoms with Crippen LogP contribution in [0.5, 0.6) is 0 Å². The van der Waals surface area contributed by atoms with Crippen molar-refractivity contribution in [2.45, 2.75) is 64.2 Å². The van der Waals surface area contributed by atoms with Crippen LogP contribution < -0.4 is 5.73 Å². The van der Waals surface area contributed by atoms with Gasteiger partial charge in [-0.05, 0) is 30.7 Å². The summed E-state index contributed by atoms with van der Waals surface area (Å²) in [4.78, 5) is 12.0. The second kappa shape index (κ2) is 5.31. The molecule has 2 fully saturated rings. The molecule has 2 heteroatoms. The molecule has 0 heterocycles. The van der Waals surface area contributed by atoms with Gasteiger partial charge in [0.05, 0.1) is 0 Å². The standard InChI is InChI=1S/C14H25NO/c15-11-14(7-2-1-3-8-14)10-13(16)9-12-5-4-6-12/h12H,1-11,15H2. The highest BCUT2D eigenvalue weighted by Gasteiger charge is 2.33. The molecule has 0 aromatic heterocycles. The van der Waals surface area contributed by atoms with Gasteiger partial charge in [-0.1, -0.05) is 38.5 Å². The van der Waals surface area contributed by atoms with Crippen molar-refractivity contribution in [3.63, 3.8) is 0 Å². The summed E-state index contributed by atoms with van der Waals surface area (Å²) >= 11 is 0. The predicted molar refractivity (Wildman–Crippen MR) is 66.2 cm³/mol. The van der Waals surface area contributed by atoms with Gasteiger partial charge >= 0.3 is 0 Å². The Labute approximate surface area is 99.0 Å². The van der Waals surface area contributed by atoms with Crippen LogP contribution in [0.2, 0.25) is 0 Å². The van der Waals surface area contributed by atoms with Crippen molar-refractivity contribution in [2.75, 3.05) is 6.54 Å². The van der Waals surface area contributed by atoms with E-state index in [-0.39, 0.29) is 5.41 Å². The van der Waals surface area contributed by atoms with Crippen molar-refractivity contribution < 1.29 is 4.79 Å². The minimum absolute atomic E-state index is 0.180. The zero-order valence-corrected chi connectivity index (χ0v) is 10.3. The van der Waals surface area contributed by atoms with Gasteiger partial charge in [-0.25, -0.2) is 0 Å². The monoisotopic (exact) mass is 223 g/mol. The summed E-state index contributed by atoms with van der Waals surface area (Å²) in [5.74, 6) is 1.20. The van der Waals surface area contributed by atoms with Crippen LogP contribution in [0.4, 0.5) is 0 Å². The minimum atomic E-state index is 0.180. The Hall–Kier alpha value is -0.370. The maximum Gasteiger partial charge on any atom is 0.133 e. The maximum atomic E-state index is 12.0. The Bertz CT molecular complexity index is 239. The van der Waals surface area contributed by atoms with E-state index in [4.69, 9.17) is 5.73 Å². The van der Waals surface area contributed by atoms with E-state index >= 15 is 0 Å². The molecule has 16 heavy (non-hydrogen) atoms. The summed E-state index contributed by atoms with van der Waals surface area (Å²) in [5, 5.41) is 0. The lowest BCUT2D eigenvalue weighted by molar-refractivity contribution is -0.123. The van der Waals surface area contributed by atoms with Crippen molar-refractivity contribution >= 4 is 5.78 Å². The summed E-state index contributed by atoms with van der Waals surface area (Å²) in [6.45, 7) is 0.712. The number of hydrogen-bond acceptors (Lipinski definition) is 2. The SMILES string of the molecule is NCC1(CC(=O)CC2CCC2)CCCCC1. The Morgan fingerprint density at radius 1 is 1.12 bits per heavy atom. The maximum absolute atomic E-state index is 12.0. The largest absolute Gasteiger partial charge is 0.330 e. The van der Waals surface area contributed by atoms with E-state index in [1.807, 2.05) is 0 Å². The molecule has 0 aliphatic heterocycles. The average molecular weight is 223 g/mol. The third-order valence-electron chi connectivity index (χ3n) is 4.66. The Morgan fingerprint density at radius 3 is 2.31 bits per heavy atom. The van der Waals surface area contributed by atoms with Crippen molar-refractivity contribution in [3.8, 4) is 0 Å². The summed E-state index contributed by atoms with van der Waals surface area (Å²) in [7, 11) is 0. The van der Waals surface area contributed by atoms with Gasteiger partial charge in [0.25, 0.3) is 0 Å². The van der Waals surface area contributed by atoms with Gasteiger partial charge in [0.2, 0.25) is 0 Å². The normalized spacial score (nSPS) is 25.1. The van der Waals surface area contributed by atoms with Crippen molar-refractivity contribution in [2.24, 2.45) is 17.1 Å². The van der Waals surface area contributed by atoms with Crippen molar-refractivity contribution in [1.82, 2.24) is 0 Å². The highest BCUT2D eigenvalue weighted by atomic mass is 16.1. The number of hydrogen-bond donors (Lipinski definition) is 1. The van der Waals surface area contributed by atoms with E-state index in [0.717, 1.165) is 12.8 Å². The number of rotatable bonds is 5. The first-order chi connectivity index (χ1) is 7.74. The first-order valence-corrected chi connectivity index (χ1v) is 6.96. The Morgan fingerprint density at radius 2 is 1.81 bits per heavy atom. The first-order valence-electron chi connectivity index (χ1n) is 6.96. The number of Topliss-reactive ketones (excluding diaryl/α,β-unsaturated/α-hetero) is 1. The number of carbonyl (C=O) groups is 1. The van der Waals surface area contributed by atoms with Crippen LogP contribution in [0.1, 0.15) is 64.2 Å². The molecule has 0 amide bonds. The molecule has 0 bridgehead atoms. The van der Waals surface area contributed by atoms with Crippen LogP contribution >= 0.6 is 0 Å². The molecule has 0 saturated heterocycles. The van der Waals surface area contributed by atoms with E-state index in [0.29, 0.717) is 18.2 Å². The molecule has 2 saturated carbocycles. The van der Waals surface area contributed by atoms with Gasteiger partial charge in [-0.2, -0.15) is 0 Å². The van der Waals surface area contributed by atoms with Crippen LogP contribution in [-0.4, -0.2) is 12.3 Å². The van der Waals surface area contributed by atoms with Gasteiger partial charge < -0.3 is 5.73 Å². The highest BCUT2D eigenvalue weighted by Crippen LogP contribution is 2.40. The van der Waals surface area contributed by atoms with E-state index in [1.54, 1.807) is 0 Å². The molecular weight excluding hydrogens is 198 g/mol. The molecule has 2 aliphatic carbocycles. The van der Waals surface area contributed by atoms with E-state index < -0.39 is 0 Å². The fourth-order valence-electron chi connectivity index (χ4n) is 3.26. The van der Waals surface area contributed by atoms with Gasteiger partial charge in [0, 0.05) is 12.8 Å². The van der Waals surface area contributed by atoms with E-state index in [1.165, 1.54) is 51.4 Å². The number of carbonyl (C=O) groups excluding carboxylic acids is 1. The lowest BCUT2D eigenvalue weighted by atomic mass is 9.69. The minimum Gasteiger partial charge on any atom is -0.330 e. The van der Waals surface area contributed by atoms with Crippen LogP contribution in [0.15, 0.2) is 0 Å². The van der Waals surface area contributed by atoms with Crippen molar-refractivity contribution in [3.05, 3.63) is 0 Å². The zero-order valence-electron chi connectivity index (χ0n) is 10.3. The van der Waals surface area contributed by atoms with Gasteiger partial charge in [0.15, 0.2) is 0 Å². The molecule has 2 nitrogen and oxygen atoms in total. The fraction of sp³-hybridized carbons (Fsp3) is 0.929. The van der Waals surface area contributed by atoms with E-state index in [9.17, 15) is 4.79 Å². The average Bonchev–Trinajstić information content (AvgIpc) is 2.25. The van der Waals surface area contributed by atoms with Gasteiger partial charge in [0.1, 0.15) is 5.78 Å². The summed E-state index contributed by atoms with van der Waals surface area (Å²) in [6.07, 6.45) is 11.7. The Kier molecular flexibility index (Phi) is 4.01. The quantitative estimate of drug-likeness (QED) is 0.778. The molecule has 0 aromatic rings. The van der Waals surface area contributed by atoms with Crippen LogP contribution in [0, 0.1) is 11.3 Å². The molecule has 0 atom stereocenters. The van der Waals surface area contributed by atoms with Crippen molar-refractivity contribution in [1.29, 1.82) is 0 Å². The van der Waals surface area contributed by atoms with Crippen LogP contribution in [0.3, 0.4) is 0 Å². The molecule has 0 aromatic carbocycles. The smallest absolute Gasteiger partial charge is 0.133 e. The summed E-state index contributed by atoms with van der Waals surface area (Å²) < 4.78 is 0. The second-order valence-electron chi connectivity index (χ2n) is 5.98. The number of ketones is 1. The topological polar surface area (TPSA) is 43.1 Å². The van der Waals surface area contributed by atoms with Gasteiger partial charge in [-0.15, -0.1) is 0 Å². The van der Waals surface area contributed by atoms with E-state index in [2.05, 4.69) is 0 Å². The molecule has 0 spiro atoms. The lowest BCUT2D eigenvalue weighted by Crippen LogP contribution is -2.35. The zero-order chi connectivity index (χ0) is 11.4. The number of nitrogens with two attached hydrogens (primary N) is 1.